The van der Waals surface area contributed by atoms with E-state index in [0.717, 1.165) is 16.9 Å². The summed E-state index contributed by atoms with van der Waals surface area (Å²) in [5.74, 6) is 1.48. The van der Waals surface area contributed by atoms with Crippen LogP contribution in [0, 0.1) is 0 Å². The van der Waals surface area contributed by atoms with E-state index in [4.69, 9.17) is 0 Å². The summed E-state index contributed by atoms with van der Waals surface area (Å²) in [4.78, 5) is 26.7. The molecule has 2 aromatic carbocycles. The number of hydrogen-bond acceptors (Lipinski definition) is 4. The SMILES string of the molecule is CC(C)(C)SCCNC(=O)c1ccc([C@@H]2SCC(=O)N2Cc2ccccc2)cc1. The quantitative estimate of drug-likeness (QED) is 0.648. The molecule has 1 fully saturated rings. The van der Waals surface area contributed by atoms with Crippen molar-refractivity contribution in [2.45, 2.75) is 37.4 Å². The summed E-state index contributed by atoms with van der Waals surface area (Å²) in [6.07, 6.45) is 0. The van der Waals surface area contributed by atoms with E-state index >= 15 is 0 Å². The first-order valence-corrected chi connectivity index (χ1v) is 11.8. The second-order valence-corrected chi connectivity index (χ2v) is 11.0. The van der Waals surface area contributed by atoms with Gasteiger partial charge in [-0.05, 0) is 23.3 Å². The largest absolute Gasteiger partial charge is 0.351 e. The summed E-state index contributed by atoms with van der Waals surface area (Å²) in [5, 5.41) is 2.97. The molecule has 3 rings (SSSR count). The summed E-state index contributed by atoms with van der Waals surface area (Å²) < 4.78 is 0.203. The lowest BCUT2D eigenvalue weighted by molar-refractivity contribution is -0.128. The lowest BCUT2D eigenvalue weighted by atomic mass is 10.1. The Morgan fingerprint density at radius 2 is 1.83 bits per heavy atom. The topological polar surface area (TPSA) is 49.4 Å². The molecule has 0 spiro atoms. The maximum absolute atomic E-state index is 12.4. The van der Waals surface area contributed by atoms with Crippen LogP contribution >= 0.6 is 23.5 Å². The number of carbonyl (C=O) groups is 2. The molecule has 1 saturated heterocycles. The fourth-order valence-corrected chi connectivity index (χ4v) is 5.11. The first-order valence-electron chi connectivity index (χ1n) is 9.80. The molecule has 2 amide bonds. The number of carbonyl (C=O) groups excluding carboxylic acids is 2. The van der Waals surface area contributed by atoms with Gasteiger partial charge in [0.1, 0.15) is 5.37 Å². The lowest BCUT2D eigenvalue weighted by Gasteiger charge is -2.24. The third kappa shape index (κ3) is 6.28. The van der Waals surface area contributed by atoms with E-state index in [2.05, 4.69) is 26.1 Å². The second kappa shape index (κ2) is 9.72. The Morgan fingerprint density at radius 1 is 1.14 bits per heavy atom. The van der Waals surface area contributed by atoms with Crippen LogP contribution in [0.2, 0.25) is 0 Å². The van der Waals surface area contributed by atoms with E-state index in [1.54, 1.807) is 11.8 Å². The van der Waals surface area contributed by atoms with Crippen LogP contribution in [-0.4, -0.2) is 39.5 Å². The average molecular weight is 429 g/mol. The lowest BCUT2D eigenvalue weighted by Crippen LogP contribution is -2.28. The van der Waals surface area contributed by atoms with E-state index in [1.165, 1.54) is 0 Å². The van der Waals surface area contributed by atoms with E-state index < -0.39 is 0 Å². The molecule has 1 N–H and O–H groups in total. The van der Waals surface area contributed by atoms with Gasteiger partial charge in [0.25, 0.3) is 5.91 Å². The Kier molecular flexibility index (Phi) is 7.30. The molecule has 1 atom stereocenters. The first kappa shape index (κ1) is 21.8. The predicted molar refractivity (Wildman–Crippen MR) is 123 cm³/mol. The van der Waals surface area contributed by atoms with E-state index in [-0.39, 0.29) is 21.9 Å². The van der Waals surface area contributed by atoms with Crippen molar-refractivity contribution in [2.75, 3.05) is 18.1 Å². The van der Waals surface area contributed by atoms with Gasteiger partial charge in [-0.2, -0.15) is 11.8 Å². The number of thioether (sulfide) groups is 2. The summed E-state index contributed by atoms with van der Waals surface area (Å²) in [6.45, 7) is 7.77. The summed E-state index contributed by atoms with van der Waals surface area (Å²) in [5.41, 5.74) is 2.83. The molecular formula is C23H28N2O2S2. The molecule has 6 heteroatoms. The molecule has 29 heavy (non-hydrogen) atoms. The molecule has 4 nitrogen and oxygen atoms in total. The molecule has 0 saturated carbocycles. The van der Waals surface area contributed by atoms with Gasteiger partial charge in [0.05, 0.1) is 5.75 Å². The van der Waals surface area contributed by atoms with Gasteiger partial charge in [0.15, 0.2) is 0 Å². The number of hydrogen-bond donors (Lipinski definition) is 1. The molecule has 1 aliphatic rings. The standard InChI is InChI=1S/C23H28N2O2S2/c1-23(2,3)29-14-13-24-21(27)18-9-11-19(12-10-18)22-25(20(26)16-28-22)15-17-7-5-4-6-8-17/h4-12,22H,13-16H2,1-3H3,(H,24,27)/t22-/m0/s1. The van der Waals surface area contributed by atoms with Crippen molar-refractivity contribution in [3.8, 4) is 0 Å². The van der Waals surface area contributed by atoms with Crippen molar-refractivity contribution in [3.05, 3.63) is 71.3 Å². The zero-order chi connectivity index (χ0) is 20.9. The Bertz CT molecular complexity index is 832. The van der Waals surface area contributed by atoms with Crippen LogP contribution in [0.1, 0.15) is 47.6 Å². The van der Waals surface area contributed by atoms with Crippen LogP contribution in [-0.2, 0) is 11.3 Å². The Morgan fingerprint density at radius 3 is 2.48 bits per heavy atom. The third-order valence-corrected chi connectivity index (χ3v) is 7.07. The fourth-order valence-electron chi connectivity index (χ4n) is 3.10. The molecule has 0 aromatic heterocycles. The van der Waals surface area contributed by atoms with Crippen LogP contribution in [0.3, 0.4) is 0 Å². The van der Waals surface area contributed by atoms with E-state index in [1.807, 2.05) is 71.3 Å². The molecule has 0 radical (unpaired) electrons. The monoisotopic (exact) mass is 428 g/mol. The van der Waals surface area contributed by atoms with Crippen molar-refractivity contribution in [1.29, 1.82) is 0 Å². The van der Waals surface area contributed by atoms with Crippen LogP contribution in [0.4, 0.5) is 0 Å². The number of nitrogens with zero attached hydrogens (tertiary/aromatic N) is 1. The molecule has 1 aliphatic heterocycles. The average Bonchev–Trinajstić information content (AvgIpc) is 3.06. The van der Waals surface area contributed by atoms with Gasteiger partial charge in [-0.15, -0.1) is 11.8 Å². The Labute approximate surface area is 181 Å². The van der Waals surface area contributed by atoms with Gasteiger partial charge in [-0.1, -0.05) is 63.2 Å². The summed E-state index contributed by atoms with van der Waals surface area (Å²) in [6, 6.07) is 17.7. The van der Waals surface area contributed by atoms with Crippen LogP contribution in [0.25, 0.3) is 0 Å². The van der Waals surface area contributed by atoms with E-state index in [0.29, 0.717) is 24.4 Å². The van der Waals surface area contributed by atoms with Crippen molar-refractivity contribution < 1.29 is 9.59 Å². The zero-order valence-corrected chi connectivity index (χ0v) is 18.8. The predicted octanol–water partition coefficient (Wildman–Crippen LogP) is 4.72. The minimum Gasteiger partial charge on any atom is -0.351 e. The number of benzene rings is 2. The maximum Gasteiger partial charge on any atom is 0.251 e. The normalized spacial score (nSPS) is 16.9. The third-order valence-electron chi connectivity index (χ3n) is 4.54. The Hall–Kier alpha value is -1.92. The van der Waals surface area contributed by atoms with Crippen molar-refractivity contribution >= 4 is 35.3 Å². The molecule has 154 valence electrons. The minimum atomic E-state index is -0.0534. The number of nitrogens with one attached hydrogen (secondary N) is 1. The molecular weight excluding hydrogens is 400 g/mol. The molecule has 1 heterocycles. The highest BCUT2D eigenvalue weighted by atomic mass is 32.2. The van der Waals surface area contributed by atoms with Gasteiger partial charge in [0, 0.05) is 29.2 Å². The highest BCUT2D eigenvalue weighted by molar-refractivity contribution is 8.00. The van der Waals surface area contributed by atoms with Gasteiger partial charge in [-0.25, -0.2) is 0 Å². The molecule has 0 aliphatic carbocycles. The fraction of sp³-hybridized carbons (Fsp3) is 0.391. The number of amides is 2. The van der Waals surface area contributed by atoms with Crippen LogP contribution in [0.5, 0.6) is 0 Å². The zero-order valence-electron chi connectivity index (χ0n) is 17.2. The molecule has 0 bridgehead atoms. The van der Waals surface area contributed by atoms with Crippen molar-refractivity contribution in [2.24, 2.45) is 0 Å². The summed E-state index contributed by atoms with van der Waals surface area (Å²) >= 11 is 3.47. The Balaban J connectivity index is 1.60. The summed E-state index contributed by atoms with van der Waals surface area (Å²) in [7, 11) is 0. The highest BCUT2D eigenvalue weighted by Crippen LogP contribution is 2.39. The van der Waals surface area contributed by atoms with Crippen molar-refractivity contribution in [3.63, 3.8) is 0 Å². The van der Waals surface area contributed by atoms with Gasteiger partial charge in [0.2, 0.25) is 5.91 Å². The van der Waals surface area contributed by atoms with Gasteiger partial charge >= 0.3 is 0 Å². The highest BCUT2D eigenvalue weighted by Gasteiger charge is 2.32. The van der Waals surface area contributed by atoms with Crippen molar-refractivity contribution in [1.82, 2.24) is 10.2 Å². The smallest absolute Gasteiger partial charge is 0.251 e. The minimum absolute atomic E-state index is 0.0111. The molecule has 2 aromatic rings. The van der Waals surface area contributed by atoms with E-state index in [9.17, 15) is 9.59 Å². The van der Waals surface area contributed by atoms with Crippen LogP contribution in [0.15, 0.2) is 54.6 Å². The van der Waals surface area contributed by atoms with Gasteiger partial charge < -0.3 is 10.2 Å². The second-order valence-electron chi connectivity index (χ2n) is 8.01. The molecule has 0 unspecified atom stereocenters. The van der Waals surface area contributed by atoms with Crippen LogP contribution < -0.4 is 5.32 Å². The first-order chi connectivity index (χ1) is 13.8. The number of rotatable bonds is 7. The van der Waals surface area contributed by atoms with Gasteiger partial charge in [-0.3, -0.25) is 9.59 Å². The maximum atomic E-state index is 12.4.